The van der Waals surface area contributed by atoms with Crippen molar-refractivity contribution < 1.29 is 0 Å². The van der Waals surface area contributed by atoms with Crippen molar-refractivity contribution in [2.75, 3.05) is 37.6 Å². The Bertz CT molecular complexity index is 375. The maximum Gasteiger partial charge on any atom is 0.128 e. The van der Waals surface area contributed by atoms with Gasteiger partial charge in [-0.1, -0.05) is 33.8 Å². The summed E-state index contributed by atoms with van der Waals surface area (Å²) in [6, 6.07) is 4.39. The summed E-state index contributed by atoms with van der Waals surface area (Å²) in [6.45, 7) is 14.7. The number of hydrogen-bond acceptors (Lipinski definition) is 3. The minimum atomic E-state index is 0.560. The molecule has 0 aromatic carbocycles. The zero-order valence-electron chi connectivity index (χ0n) is 12.8. The summed E-state index contributed by atoms with van der Waals surface area (Å²) >= 11 is 0. The van der Waals surface area contributed by atoms with Gasteiger partial charge in [0.25, 0.3) is 0 Å². The number of pyridine rings is 1. The van der Waals surface area contributed by atoms with E-state index in [4.69, 9.17) is 0 Å². The van der Waals surface area contributed by atoms with Crippen molar-refractivity contribution >= 4 is 5.82 Å². The van der Waals surface area contributed by atoms with Gasteiger partial charge in [-0.25, -0.2) is 4.98 Å². The summed E-state index contributed by atoms with van der Waals surface area (Å²) < 4.78 is 0. The van der Waals surface area contributed by atoms with Crippen LogP contribution in [0.3, 0.4) is 0 Å². The van der Waals surface area contributed by atoms with Crippen molar-refractivity contribution in [1.82, 2.24) is 9.88 Å². The van der Waals surface area contributed by atoms with Crippen LogP contribution in [0.1, 0.15) is 39.2 Å². The molecule has 0 spiro atoms. The third-order valence-corrected chi connectivity index (χ3v) is 3.76. The molecule has 2 rings (SSSR count). The maximum atomic E-state index is 4.62. The van der Waals surface area contributed by atoms with E-state index in [9.17, 15) is 0 Å². The van der Waals surface area contributed by atoms with Crippen LogP contribution in [0.4, 0.5) is 5.82 Å². The lowest BCUT2D eigenvalue weighted by molar-refractivity contribution is 0.231. The summed E-state index contributed by atoms with van der Waals surface area (Å²) in [6.07, 6.45) is 2.03. The number of nitrogens with zero attached hydrogens (tertiary/aromatic N) is 3. The maximum absolute atomic E-state index is 4.62. The lowest BCUT2D eigenvalue weighted by atomic mass is 10.1. The van der Waals surface area contributed by atoms with E-state index in [1.54, 1.807) is 0 Å². The Labute approximate surface area is 117 Å². The van der Waals surface area contributed by atoms with Crippen LogP contribution in [0.15, 0.2) is 18.3 Å². The Kier molecular flexibility index (Phi) is 4.81. The van der Waals surface area contributed by atoms with E-state index < -0.39 is 0 Å². The molecule has 0 saturated carbocycles. The first kappa shape index (κ1) is 14.3. The predicted molar refractivity (Wildman–Crippen MR) is 81.8 cm³/mol. The quantitative estimate of drug-likeness (QED) is 0.830. The topological polar surface area (TPSA) is 19.4 Å². The molecule has 3 nitrogen and oxygen atoms in total. The molecule has 0 amide bonds. The lowest BCUT2D eigenvalue weighted by Crippen LogP contribution is -2.47. The second kappa shape index (κ2) is 6.38. The van der Waals surface area contributed by atoms with Gasteiger partial charge in [0, 0.05) is 38.9 Å². The highest BCUT2D eigenvalue weighted by Crippen LogP contribution is 2.18. The van der Waals surface area contributed by atoms with Gasteiger partial charge in [0.05, 0.1) is 0 Å². The van der Waals surface area contributed by atoms with Crippen LogP contribution >= 0.6 is 0 Å². The molecule has 0 N–H and O–H groups in total. The summed E-state index contributed by atoms with van der Waals surface area (Å²) in [7, 11) is 0. The summed E-state index contributed by atoms with van der Waals surface area (Å²) in [5, 5.41) is 0. The van der Waals surface area contributed by atoms with Crippen LogP contribution in [0.25, 0.3) is 0 Å². The Morgan fingerprint density at radius 3 is 2.21 bits per heavy atom. The van der Waals surface area contributed by atoms with Gasteiger partial charge in [-0.15, -0.1) is 0 Å². The third kappa shape index (κ3) is 3.93. The molecule has 1 aliphatic heterocycles. The molecule has 1 saturated heterocycles. The molecule has 19 heavy (non-hydrogen) atoms. The predicted octanol–water partition coefficient (Wildman–Crippen LogP) is 2.98. The van der Waals surface area contributed by atoms with Gasteiger partial charge >= 0.3 is 0 Å². The molecule has 1 aromatic rings. The number of aromatic nitrogens is 1. The van der Waals surface area contributed by atoms with E-state index in [0.717, 1.165) is 37.9 Å². The molecule has 2 heterocycles. The van der Waals surface area contributed by atoms with E-state index in [1.807, 2.05) is 6.20 Å². The minimum absolute atomic E-state index is 0.560. The van der Waals surface area contributed by atoms with Crippen LogP contribution in [0.5, 0.6) is 0 Å². The Hall–Kier alpha value is -1.09. The molecule has 3 heteroatoms. The van der Waals surface area contributed by atoms with Crippen molar-refractivity contribution in [3.63, 3.8) is 0 Å². The summed E-state index contributed by atoms with van der Waals surface area (Å²) in [5.41, 5.74) is 1.32. The number of hydrogen-bond donors (Lipinski definition) is 0. The lowest BCUT2D eigenvalue weighted by Gasteiger charge is -2.36. The van der Waals surface area contributed by atoms with E-state index in [0.29, 0.717) is 5.92 Å². The highest BCUT2D eigenvalue weighted by atomic mass is 15.3. The van der Waals surface area contributed by atoms with E-state index in [1.165, 1.54) is 12.1 Å². The first-order valence-electron chi connectivity index (χ1n) is 7.49. The van der Waals surface area contributed by atoms with Gasteiger partial charge in [0.1, 0.15) is 5.82 Å². The van der Waals surface area contributed by atoms with Gasteiger partial charge in [-0.05, 0) is 23.5 Å². The fourth-order valence-corrected chi connectivity index (χ4v) is 2.60. The fourth-order valence-electron chi connectivity index (χ4n) is 2.60. The standard InChI is InChI=1S/C16H27N3/c1-13(2)12-18-7-9-19(10-8-18)16-6-5-15(11-17-16)14(3)4/h5-6,11,13-14H,7-10,12H2,1-4H3. The van der Waals surface area contributed by atoms with Crippen LogP contribution in [0, 0.1) is 5.92 Å². The molecule has 0 bridgehead atoms. The van der Waals surface area contributed by atoms with E-state index in [-0.39, 0.29) is 0 Å². The average molecular weight is 261 g/mol. The normalized spacial score (nSPS) is 17.5. The van der Waals surface area contributed by atoms with Crippen molar-refractivity contribution in [2.45, 2.75) is 33.6 Å². The number of anilines is 1. The van der Waals surface area contributed by atoms with E-state index >= 15 is 0 Å². The molecular formula is C16H27N3. The second-order valence-electron chi connectivity index (χ2n) is 6.29. The molecule has 0 unspecified atom stereocenters. The molecule has 106 valence electrons. The van der Waals surface area contributed by atoms with Crippen molar-refractivity contribution in [2.24, 2.45) is 5.92 Å². The molecule has 1 aromatic heterocycles. The van der Waals surface area contributed by atoms with Crippen molar-refractivity contribution in [3.8, 4) is 0 Å². The molecule has 1 fully saturated rings. The average Bonchev–Trinajstić information content (AvgIpc) is 2.39. The number of rotatable bonds is 4. The SMILES string of the molecule is CC(C)CN1CCN(c2ccc(C(C)C)cn2)CC1. The molecule has 0 aliphatic carbocycles. The highest BCUT2D eigenvalue weighted by molar-refractivity contribution is 5.40. The van der Waals surface area contributed by atoms with Crippen LogP contribution in [-0.2, 0) is 0 Å². The minimum Gasteiger partial charge on any atom is -0.354 e. The third-order valence-electron chi connectivity index (χ3n) is 3.76. The first-order chi connectivity index (χ1) is 9.06. The largest absolute Gasteiger partial charge is 0.354 e. The second-order valence-corrected chi connectivity index (χ2v) is 6.29. The van der Waals surface area contributed by atoms with Gasteiger partial charge in [-0.2, -0.15) is 0 Å². The van der Waals surface area contributed by atoms with Gasteiger partial charge < -0.3 is 4.90 Å². The Balaban J connectivity index is 1.90. The van der Waals surface area contributed by atoms with Crippen LogP contribution in [-0.4, -0.2) is 42.6 Å². The van der Waals surface area contributed by atoms with E-state index in [2.05, 4.69) is 54.6 Å². The fraction of sp³-hybridized carbons (Fsp3) is 0.688. The highest BCUT2D eigenvalue weighted by Gasteiger charge is 2.18. The molecular weight excluding hydrogens is 234 g/mol. The van der Waals surface area contributed by atoms with Gasteiger partial charge in [-0.3, -0.25) is 4.90 Å². The smallest absolute Gasteiger partial charge is 0.128 e. The molecule has 0 atom stereocenters. The Morgan fingerprint density at radius 2 is 1.74 bits per heavy atom. The number of piperazine rings is 1. The van der Waals surface area contributed by atoms with Gasteiger partial charge in [0.15, 0.2) is 0 Å². The van der Waals surface area contributed by atoms with Gasteiger partial charge in [0.2, 0.25) is 0 Å². The van der Waals surface area contributed by atoms with Crippen molar-refractivity contribution in [3.05, 3.63) is 23.9 Å². The van der Waals surface area contributed by atoms with Crippen LogP contribution < -0.4 is 4.90 Å². The Morgan fingerprint density at radius 1 is 1.05 bits per heavy atom. The first-order valence-corrected chi connectivity index (χ1v) is 7.49. The zero-order valence-corrected chi connectivity index (χ0v) is 12.8. The molecule has 0 radical (unpaired) electrons. The molecule has 1 aliphatic rings. The van der Waals surface area contributed by atoms with Crippen LogP contribution in [0.2, 0.25) is 0 Å². The summed E-state index contributed by atoms with van der Waals surface area (Å²) in [5.74, 6) is 2.45. The monoisotopic (exact) mass is 261 g/mol. The van der Waals surface area contributed by atoms with Crippen molar-refractivity contribution in [1.29, 1.82) is 0 Å². The summed E-state index contributed by atoms with van der Waals surface area (Å²) in [4.78, 5) is 9.58. The zero-order chi connectivity index (χ0) is 13.8.